The molecule has 0 fully saturated rings. The Hall–Kier alpha value is -2.08. The first kappa shape index (κ1) is 13.9. The molecular weight excluding hydrogens is 342 g/mol. The summed E-state index contributed by atoms with van der Waals surface area (Å²) in [6.07, 6.45) is 1.29. The van der Waals surface area contributed by atoms with E-state index in [2.05, 4.69) is 20.9 Å². The van der Waals surface area contributed by atoms with Crippen LogP contribution in [0.5, 0.6) is 0 Å². The summed E-state index contributed by atoms with van der Waals surface area (Å²) in [5.74, 6) is -1.37. The van der Waals surface area contributed by atoms with E-state index >= 15 is 0 Å². The normalized spacial score (nSPS) is 11.0. The summed E-state index contributed by atoms with van der Waals surface area (Å²) in [6, 6.07) is 8.67. The predicted octanol–water partition coefficient (Wildman–Crippen LogP) is 3.49. The van der Waals surface area contributed by atoms with Crippen LogP contribution in [0.3, 0.4) is 0 Å². The molecule has 0 N–H and O–H groups in total. The first-order valence-electron chi connectivity index (χ1n) is 6.14. The van der Waals surface area contributed by atoms with E-state index in [9.17, 15) is 13.6 Å². The summed E-state index contributed by atoms with van der Waals surface area (Å²) in [6.45, 7) is -0.198. The molecule has 0 aliphatic carbocycles. The van der Waals surface area contributed by atoms with Gasteiger partial charge in [0.1, 0.15) is 11.6 Å². The van der Waals surface area contributed by atoms with Crippen molar-refractivity contribution in [3.63, 3.8) is 0 Å². The zero-order valence-electron chi connectivity index (χ0n) is 10.7. The van der Waals surface area contributed by atoms with Crippen molar-refractivity contribution in [2.45, 2.75) is 6.54 Å². The van der Waals surface area contributed by atoms with Gasteiger partial charge in [-0.1, -0.05) is 22.0 Å². The van der Waals surface area contributed by atoms with Crippen molar-refractivity contribution < 1.29 is 8.78 Å². The second kappa shape index (κ2) is 5.37. The van der Waals surface area contributed by atoms with Gasteiger partial charge >= 0.3 is 0 Å². The molecule has 1 heterocycles. The molecule has 0 spiro atoms. The van der Waals surface area contributed by atoms with Gasteiger partial charge in [-0.3, -0.25) is 9.36 Å². The maximum absolute atomic E-state index is 13.7. The molecule has 0 radical (unpaired) electrons. The van der Waals surface area contributed by atoms with Crippen LogP contribution >= 0.6 is 15.9 Å². The quantitative estimate of drug-likeness (QED) is 0.709. The van der Waals surface area contributed by atoms with Gasteiger partial charge in [0.2, 0.25) is 0 Å². The summed E-state index contributed by atoms with van der Waals surface area (Å²) in [4.78, 5) is 16.5. The lowest BCUT2D eigenvalue weighted by molar-refractivity contribution is 0.541. The molecule has 0 saturated heterocycles. The number of benzene rings is 2. The van der Waals surface area contributed by atoms with Gasteiger partial charge in [0.05, 0.1) is 23.8 Å². The average molecular weight is 351 g/mol. The largest absolute Gasteiger partial charge is 0.294 e. The lowest BCUT2D eigenvalue weighted by Gasteiger charge is -2.08. The molecule has 3 aromatic rings. The Labute approximate surface area is 127 Å². The maximum atomic E-state index is 13.7. The number of rotatable bonds is 2. The van der Waals surface area contributed by atoms with Crippen molar-refractivity contribution >= 4 is 26.8 Å². The van der Waals surface area contributed by atoms with Crippen LogP contribution in [0.25, 0.3) is 10.9 Å². The molecule has 0 bridgehead atoms. The maximum Gasteiger partial charge on any atom is 0.261 e. The Bertz CT molecular complexity index is 872. The number of halogens is 3. The van der Waals surface area contributed by atoms with Gasteiger partial charge in [0.25, 0.3) is 5.56 Å². The highest BCUT2D eigenvalue weighted by Crippen LogP contribution is 2.16. The molecule has 0 saturated carbocycles. The van der Waals surface area contributed by atoms with Gasteiger partial charge in [-0.15, -0.1) is 0 Å². The lowest BCUT2D eigenvalue weighted by Crippen LogP contribution is -2.22. The molecule has 0 unspecified atom stereocenters. The molecule has 3 nitrogen and oxygen atoms in total. The fraction of sp³-hybridized carbons (Fsp3) is 0.0667. The van der Waals surface area contributed by atoms with Crippen molar-refractivity contribution in [3.8, 4) is 0 Å². The van der Waals surface area contributed by atoms with Gasteiger partial charge in [0, 0.05) is 10.0 Å². The van der Waals surface area contributed by atoms with Crippen LogP contribution in [-0.2, 0) is 6.54 Å². The molecule has 1 aromatic heterocycles. The van der Waals surface area contributed by atoms with Crippen LogP contribution in [0.2, 0.25) is 0 Å². The Morgan fingerprint density at radius 1 is 1.14 bits per heavy atom. The third kappa shape index (κ3) is 2.58. The molecule has 6 heteroatoms. The second-order valence-electron chi connectivity index (χ2n) is 4.54. The van der Waals surface area contributed by atoms with E-state index in [0.29, 0.717) is 10.9 Å². The SMILES string of the molecule is O=c1c2ccc(Br)cc2ncn1Cc1c(F)cccc1F. The zero-order chi connectivity index (χ0) is 15.0. The predicted molar refractivity (Wildman–Crippen MR) is 79.2 cm³/mol. The summed E-state index contributed by atoms with van der Waals surface area (Å²) in [5.41, 5.74) is 0.0349. The minimum absolute atomic E-state index is 0.155. The Kier molecular flexibility index (Phi) is 3.55. The molecule has 106 valence electrons. The van der Waals surface area contributed by atoms with Gasteiger partial charge < -0.3 is 0 Å². The van der Waals surface area contributed by atoms with Gasteiger partial charge in [0.15, 0.2) is 0 Å². The molecule has 0 atom stereocenters. The minimum Gasteiger partial charge on any atom is -0.294 e. The number of hydrogen-bond donors (Lipinski definition) is 0. The standard InChI is InChI=1S/C15H9BrF2N2O/c16-9-4-5-10-14(6-9)19-8-20(15(10)21)7-11-12(17)2-1-3-13(11)18/h1-6,8H,7H2. The number of hydrogen-bond acceptors (Lipinski definition) is 2. The average Bonchev–Trinajstić information content (AvgIpc) is 2.45. The van der Waals surface area contributed by atoms with E-state index in [1.165, 1.54) is 17.0 Å². The van der Waals surface area contributed by atoms with E-state index in [1.54, 1.807) is 18.2 Å². The zero-order valence-corrected chi connectivity index (χ0v) is 12.3. The monoisotopic (exact) mass is 350 g/mol. The highest BCUT2D eigenvalue weighted by Gasteiger charge is 2.11. The number of fused-ring (bicyclic) bond motifs is 1. The van der Waals surface area contributed by atoms with Crippen LogP contribution < -0.4 is 5.56 Å². The van der Waals surface area contributed by atoms with Crippen LogP contribution in [0, 0.1) is 11.6 Å². The fourth-order valence-electron chi connectivity index (χ4n) is 2.10. The van der Waals surface area contributed by atoms with Crippen molar-refractivity contribution in [2.75, 3.05) is 0 Å². The lowest BCUT2D eigenvalue weighted by atomic mass is 10.2. The van der Waals surface area contributed by atoms with Crippen molar-refractivity contribution in [1.82, 2.24) is 9.55 Å². The highest BCUT2D eigenvalue weighted by molar-refractivity contribution is 9.10. The highest BCUT2D eigenvalue weighted by atomic mass is 79.9. The fourth-order valence-corrected chi connectivity index (χ4v) is 2.45. The Morgan fingerprint density at radius 3 is 2.57 bits per heavy atom. The summed E-state index contributed by atoms with van der Waals surface area (Å²) >= 11 is 3.30. The summed E-state index contributed by atoms with van der Waals surface area (Å²) in [7, 11) is 0. The number of nitrogens with zero attached hydrogens (tertiary/aromatic N) is 2. The van der Waals surface area contributed by atoms with Crippen LogP contribution in [0.4, 0.5) is 8.78 Å². The molecule has 0 aliphatic rings. The van der Waals surface area contributed by atoms with E-state index in [4.69, 9.17) is 0 Å². The molecule has 21 heavy (non-hydrogen) atoms. The van der Waals surface area contributed by atoms with Gasteiger partial charge in [-0.05, 0) is 30.3 Å². The smallest absolute Gasteiger partial charge is 0.261 e. The summed E-state index contributed by atoms with van der Waals surface area (Å²) in [5, 5.41) is 0.400. The van der Waals surface area contributed by atoms with Crippen LogP contribution in [0.1, 0.15) is 5.56 Å². The van der Waals surface area contributed by atoms with Crippen LogP contribution in [-0.4, -0.2) is 9.55 Å². The van der Waals surface area contributed by atoms with Crippen molar-refractivity contribution in [1.29, 1.82) is 0 Å². The van der Waals surface area contributed by atoms with Crippen molar-refractivity contribution in [3.05, 3.63) is 74.7 Å². The molecule has 0 aliphatic heterocycles. The van der Waals surface area contributed by atoms with Gasteiger partial charge in [-0.2, -0.15) is 0 Å². The van der Waals surface area contributed by atoms with Gasteiger partial charge in [-0.25, -0.2) is 13.8 Å². The summed E-state index contributed by atoms with van der Waals surface area (Å²) < 4.78 is 29.3. The molecular formula is C15H9BrF2N2O. The minimum atomic E-state index is -0.683. The van der Waals surface area contributed by atoms with E-state index < -0.39 is 11.6 Å². The van der Waals surface area contributed by atoms with E-state index in [-0.39, 0.29) is 17.7 Å². The van der Waals surface area contributed by atoms with Crippen LogP contribution in [0.15, 0.2) is 52.0 Å². The Balaban J connectivity index is 2.12. The second-order valence-corrected chi connectivity index (χ2v) is 5.45. The third-order valence-corrected chi connectivity index (χ3v) is 3.67. The Morgan fingerprint density at radius 2 is 1.86 bits per heavy atom. The topological polar surface area (TPSA) is 34.9 Å². The molecule has 3 rings (SSSR count). The first-order valence-corrected chi connectivity index (χ1v) is 6.93. The first-order chi connectivity index (χ1) is 10.1. The number of aromatic nitrogens is 2. The van der Waals surface area contributed by atoms with E-state index in [0.717, 1.165) is 16.6 Å². The third-order valence-electron chi connectivity index (χ3n) is 3.18. The molecule has 0 amide bonds. The van der Waals surface area contributed by atoms with E-state index in [1.807, 2.05) is 0 Å². The molecule has 2 aromatic carbocycles. The van der Waals surface area contributed by atoms with Crippen molar-refractivity contribution in [2.24, 2.45) is 0 Å².